The minimum Gasteiger partial charge on any atom is -0.354 e. The lowest BCUT2D eigenvalue weighted by atomic mass is 9.94. The minimum atomic E-state index is -4.55. The Labute approximate surface area is 194 Å². The molecular formula is C24H23F3N6O. The largest absolute Gasteiger partial charge is 0.433 e. The fourth-order valence-electron chi connectivity index (χ4n) is 4.84. The number of nitrogens with one attached hydrogen (secondary N) is 2. The molecule has 1 spiro atoms. The first-order valence-electron chi connectivity index (χ1n) is 11.1. The number of aromatic nitrogens is 3. The molecule has 10 heteroatoms. The fourth-order valence-corrected chi connectivity index (χ4v) is 4.84. The number of pyridine rings is 1. The summed E-state index contributed by atoms with van der Waals surface area (Å²) in [6.07, 6.45) is 0.736. The standard InChI is InChI=1S/C24H23F3N6O/c1-15-11-17(13-18(12-15)31-22-30-8-4-19(32-22)24(25,26)27)16-3-7-28-20(14-16)33-10-2-5-23(33)6-9-29-21(23)34/h3-4,7-8,11-14H,2,5-6,9-10H2,1H3,(H,29,34)(H,30,31,32). The van der Waals surface area contributed by atoms with Gasteiger partial charge in [0.1, 0.15) is 17.1 Å². The van der Waals surface area contributed by atoms with Crippen LogP contribution in [0, 0.1) is 6.92 Å². The monoisotopic (exact) mass is 468 g/mol. The predicted molar refractivity (Wildman–Crippen MR) is 122 cm³/mol. The second kappa shape index (κ2) is 8.27. The molecule has 0 aliphatic carbocycles. The van der Waals surface area contributed by atoms with E-state index in [-0.39, 0.29) is 11.9 Å². The number of nitrogens with zero attached hydrogens (tertiary/aromatic N) is 4. The lowest BCUT2D eigenvalue weighted by Crippen LogP contribution is -2.50. The number of alkyl halides is 3. The molecule has 0 bridgehead atoms. The summed E-state index contributed by atoms with van der Waals surface area (Å²) in [6.45, 7) is 3.33. The Hall–Kier alpha value is -3.69. The topological polar surface area (TPSA) is 83.0 Å². The Balaban J connectivity index is 1.45. The Morgan fingerprint density at radius 1 is 1.06 bits per heavy atom. The van der Waals surface area contributed by atoms with Crippen LogP contribution in [0.3, 0.4) is 0 Å². The van der Waals surface area contributed by atoms with E-state index in [1.54, 1.807) is 6.20 Å². The molecule has 1 aromatic carbocycles. The van der Waals surface area contributed by atoms with Gasteiger partial charge in [-0.15, -0.1) is 0 Å². The number of carbonyl (C=O) groups is 1. The molecule has 4 heterocycles. The fraction of sp³-hybridized carbons (Fsp3) is 0.333. The molecule has 2 aliphatic rings. The van der Waals surface area contributed by atoms with Gasteiger partial charge in [-0.1, -0.05) is 6.07 Å². The highest BCUT2D eigenvalue weighted by Gasteiger charge is 2.50. The summed E-state index contributed by atoms with van der Waals surface area (Å²) in [5.41, 5.74) is 1.70. The molecule has 176 valence electrons. The summed E-state index contributed by atoms with van der Waals surface area (Å²) in [6, 6.07) is 10.3. The Kier molecular flexibility index (Phi) is 5.38. The first kappa shape index (κ1) is 22.1. The molecule has 34 heavy (non-hydrogen) atoms. The number of hydrogen-bond donors (Lipinski definition) is 2. The number of aryl methyl sites for hydroxylation is 1. The number of halogens is 3. The number of benzene rings is 1. The Bertz CT molecular complexity index is 1240. The van der Waals surface area contributed by atoms with Crippen LogP contribution in [0.25, 0.3) is 11.1 Å². The van der Waals surface area contributed by atoms with E-state index in [4.69, 9.17) is 0 Å². The molecule has 5 rings (SSSR count). The van der Waals surface area contributed by atoms with Crippen LogP contribution < -0.4 is 15.5 Å². The van der Waals surface area contributed by atoms with Gasteiger partial charge in [-0.3, -0.25) is 4.79 Å². The average molecular weight is 468 g/mol. The minimum absolute atomic E-state index is 0.0559. The van der Waals surface area contributed by atoms with Crippen LogP contribution >= 0.6 is 0 Å². The van der Waals surface area contributed by atoms with Crippen molar-refractivity contribution in [3.05, 3.63) is 60.0 Å². The third kappa shape index (κ3) is 4.04. The van der Waals surface area contributed by atoms with Crippen molar-refractivity contribution >= 4 is 23.4 Å². The van der Waals surface area contributed by atoms with Gasteiger partial charge in [-0.2, -0.15) is 13.2 Å². The molecular weight excluding hydrogens is 445 g/mol. The van der Waals surface area contributed by atoms with E-state index in [9.17, 15) is 18.0 Å². The Morgan fingerprint density at radius 3 is 2.65 bits per heavy atom. The third-order valence-electron chi connectivity index (χ3n) is 6.37. The number of amides is 1. The molecule has 2 saturated heterocycles. The molecule has 7 nitrogen and oxygen atoms in total. The van der Waals surface area contributed by atoms with Gasteiger partial charge in [0.05, 0.1) is 0 Å². The van der Waals surface area contributed by atoms with Crippen LogP contribution in [-0.4, -0.2) is 39.5 Å². The molecule has 1 unspecified atom stereocenters. The maximum Gasteiger partial charge on any atom is 0.433 e. The molecule has 1 atom stereocenters. The van der Waals surface area contributed by atoms with Gasteiger partial charge < -0.3 is 15.5 Å². The van der Waals surface area contributed by atoms with E-state index in [0.29, 0.717) is 12.2 Å². The van der Waals surface area contributed by atoms with Crippen molar-refractivity contribution in [3.63, 3.8) is 0 Å². The number of hydrogen-bond acceptors (Lipinski definition) is 6. The predicted octanol–water partition coefficient (Wildman–Crippen LogP) is 4.47. The van der Waals surface area contributed by atoms with Crippen LogP contribution in [0.2, 0.25) is 0 Å². The summed E-state index contributed by atoms with van der Waals surface area (Å²) in [5.74, 6) is 0.664. The summed E-state index contributed by atoms with van der Waals surface area (Å²) in [7, 11) is 0. The van der Waals surface area contributed by atoms with Gasteiger partial charge in [0.25, 0.3) is 0 Å². The average Bonchev–Trinajstić information content (AvgIpc) is 3.39. The smallest absolute Gasteiger partial charge is 0.354 e. The quantitative estimate of drug-likeness (QED) is 0.588. The summed E-state index contributed by atoms with van der Waals surface area (Å²) in [4.78, 5) is 26.8. The van der Waals surface area contributed by atoms with E-state index < -0.39 is 17.4 Å². The molecule has 2 N–H and O–H groups in total. The zero-order valence-electron chi connectivity index (χ0n) is 18.5. The normalized spacial score (nSPS) is 20.1. The first-order chi connectivity index (χ1) is 16.2. The summed E-state index contributed by atoms with van der Waals surface area (Å²) >= 11 is 0. The summed E-state index contributed by atoms with van der Waals surface area (Å²) < 4.78 is 39.0. The molecule has 0 saturated carbocycles. The van der Waals surface area contributed by atoms with E-state index in [1.807, 2.05) is 37.3 Å². The van der Waals surface area contributed by atoms with Crippen LogP contribution in [0.1, 0.15) is 30.5 Å². The lowest BCUT2D eigenvalue weighted by Gasteiger charge is -2.33. The molecule has 2 aromatic heterocycles. The van der Waals surface area contributed by atoms with Crippen molar-refractivity contribution in [2.24, 2.45) is 0 Å². The van der Waals surface area contributed by atoms with Crippen molar-refractivity contribution in [2.75, 3.05) is 23.3 Å². The number of carbonyl (C=O) groups excluding carboxylic acids is 1. The van der Waals surface area contributed by atoms with Crippen molar-refractivity contribution < 1.29 is 18.0 Å². The van der Waals surface area contributed by atoms with Crippen molar-refractivity contribution in [3.8, 4) is 11.1 Å². The summed E-state index contributed by atoms with van der Waals surface area (Å²) in [5, 5.41) is 5.83. The number of rotatable bonds is 4. The van der Waals surface area contributed by atoms with Crippen LogP contribution in [0.4, 0.5) is 30.6 Å². The zero-order valence-corrected chi connectivity index (χ0v) is 18.5. The maximum atomic E-state index is 13.0. The molecule has 2 fully saturated rings. The van der Waals surface area contributed by atoms with Crippen molar-refractivity contribution in [1.29, 1.82) is 0 Å². The lowest BCUT2D eigenvalue weighted by molar-refractivity contribution is -0.141. The highest BCUT2D eigenvalue weighted by Crippen LogP contribution is 2.39. The zero-order chi connectivity index (χ0) is 23.9. The third-order valence-corrected chi connectivity index (χ3v) is 6.37. The van der Waals surface area contributed by atoms with E-state index in [2.05, 4.69) is 30.5 Å². The highest BCUT2D eigenvalue weighted by molar-refractivity contribution is 5.92. The van der Waals surface area contributed by atoms with Gasteiger partial charge in [-0.25, -0.2) is 15.0 Å². The van der Waals surface area contributed by atoms with Gasteiger partial charge in [0.15, 0.2) is 0 Å². The first-order valence-corrected chi connectivity index (χ1v) is 11.1. The van der Waals surface area contributed by atoms with Crippen LogP contribution in [-0.2, 0) is 11.0 Å². The van der Waals surface area contributed by atoms with E-state index in [0.717, 1.165) is 60.6 Å². The van der Waals surface area contributed by atoms with Crippen molar-refractivity contribution in [1.82, 2.24) is 20.3 Å². The van der Waals surface area contributed by atoms with E-state index >= 15 is 0 Å². The molecule has 2 aliphatic heterocycles. The Morgan fingerprint density at radius 2 is 1.88 bits per heavy atom. The van der Waals surface area contributed by atoms with Gasteiger partial charge in [-0.05, 0) is 73.2 Å². The van der Waals surface area contributed by atoms with Crippen molar-refractivity contribution in [2.45, 2.75) is 37.9 Å². The highest BCUT2D eigenvalue weighted by atomic mass is 19.4. The van der Waals surface area contributed by atoms with Gasteiger partial charge in [0, 0.05) is 31.2 Å². The van der Waals surface area contributed by atoms with Crippen LogP contribution in [0.15, 0.2) is 48.8 Å². The molecule has 3 aromatic rings. The molecule has 0 radical (unpaired) electrons. The second-order valence-corrected chi connectivity index (χ2v) is 8.67. The second-order valence-electron chi connectivity index (χ2n) is 8.67. The number of anilines is 3. The van der Waals surface area contributed by atoms with Gasteiger partial charge in [0.2, 0.25) is 11.9 Å². The SMILES string of the molecule is Cc1cc(Nc2nccc(C(F)(F)F)n2)cc(-c2ccnc(N3CCCC34CCNC4=O)c2)c1. The van der Waals surface area contributed by atoms with Gasteiger partial charge >= 0.3 is 6.18 Å². The van der Waals surface area contributed by atoms with Crippen LogP contribution in [0.5, 0.6) is 0 Å². The maximum absolute atomic E-state index is 13.0. The van der Waals surface area contributed by atoms with E-state index in [1.165, 1.54) is 0 Å². The molecule has 1 amide bonds.